The number of para-hydroxylation sites is 1. The summed E-state index contributed by atoms with van der Waals surface area (Å²) in [5, 5.41) is 8.95. The van der Waals surface area contributed by atoms with Gasteiger partial charge in [0.1, 0.15) is 5.75 Å². The highest BCUT2D eigenvalue weighted by molar-refractivity contribution is 5.38. The molecule has 1 aromatic carbocycles. The molecule has 0 saturated heterocycles. The molecule has 2 aromatic rings. The summed E-state index contributed by atoms with van der Waals surface area (Å²) in [5.74, 6) is -0.319. The zero-order valence-electron chi connectivity index (χ0n) is 9.69. The van der Waals surface area contributed by atoms with Crippen LogP contribution in [0.2, 0.25) is 0 Å². The Hall–Kier alpha value is -2.08. The molecule has 100 valence electrons. The number of rotatable bonds is 3. The summed E-state index contributed by atoms with van der Waals surface area (Å²) in [4.78, 5) is 3.81. The number of ether oxygens (including phenoxy) is 1. The van der Waals surface area contributed by atoms with E-state index in [1.165, 1.54) is 30.5 Å². The number of hydrogen-bond acceptors (Lipinski definition) is 3. The minimum atomic E-state index is -4.49. The van der Waals surface area contributed by atoms with Gasteiger partial charge >= 0.3 is 6.18 Å². The summed E-state index contributed by atoms with van der Waals surface area (Å²) in [6.07, 6.45) is -3.14. The molecule has 1 aromatic heterocycles. The van der Waals surface area contributed by atoms with Gasteiger partial charge in [-0.3, -0.25) is 0 Å². The number of alkyl halides is 3. The van der Waals surface area contributed by atoms with E-state index < -0.39 is 11.7 Å². The molecule has 0 aliphatic rings. The van der Waals surface area contributed by atoms with Gasteiger partial charge in [0.05, 0.1) is 12.2 Å². The average molecular weight is 269 g/mol. The van der Waals surface area contributed by atoms with E-state index in [1.807, 2.05) is 0 Å². The summed E-state index contributed by atoms with van der Waals surface area (Å²) >= 11 is 0. The number of aromatic nitrogens is 1. The number of aliphatic hydroxyl groups excluding tert-OH is 1. The number of halogens is 3. The molecular formula is C13H10F3NO2. The largest absolute Gasteiger partial charge is 0.438 e. The van der Waals surface area contributed by atoms with Crippen molar-refractivity contribution in [2.75, 3.05) is 0 Å². The van der Waals surface area contributed by atoms with Crippen molar-refractivity contribution in [1.29, 1.82) is 0 Å². The minimum Gasteiger partial charge on any atom is -0.438 e. The van der Waals surface area contributed by atoms with E-state index in [-0.39, 0.29) is 18.2 Å². The third kappa shape index (κ3) is 3.23. The number of hydrogen-bond donors (Lipinski definition) is 1. The van der Waals surface area contributed by atoms with Crippen LogP contribution in [-0.4, -0.2) is 10.1 Å². The van der Waals surface area contributed by atoms with Crippen LogP contribution in [0, 0.1) is 0 Å². The second-order valence-electron chi connectivity index (χ2n) is 3.76. The maximum atomic E-state index is 12.8. The van der Waals surface area contributed by atoms with Gasteiger partial charge in [-0.15, -0.1) is 0 Å². The molecule has 2 rings (SSSR count). The molecule has 0 aliphatic carbocycles. The van der Waals surface area contributed by atoms with Crippen LogP contribution in [0.25, 0.3) is 0 Å². The van der Waals surface area contributed by atoms with Gasteiger partial charge in [-0.05, 0) is 23.8 Å². The Bertz CT molecular complexity index is 570. The second kappa shape index (κ2) is 5.27. The summed E-state index contributed by atoms with van der Waals surface area (Å²) in [6.45, 7) is -0.236. The minimum absolute atomic E-state index is 0.00301. The Morgan fingerprint density at radius 1 is 1.16 bits per heavy atom. The predicted octanol–water partition coefficient (Wildman–Crippen LogP) is 3.39. The summed E-state index contributed by atoms with van der Waals surface area (Å²) < 4.78 is 43.4. The smallest absolute Gasteiger partial charge is 0.419 e. The normalized spacial score (nSPS) is 11.4. The molecular weight excluding hydrogens is 259 g/mol. The lowest BCUT2D eigenvalue weighted by Gasteiger charge is -2.12. The first-order chi connectivity index (χ1) is 9.00. The van der Waals surface area contributed by atoms with Crippen molar-refractivity contribution in [3.05, 3.63) is 53.7 Å². The summed E-state index contributed by atoms with van der Waals surface area (Å²) in [6, 6.07) is 7.81. The zero-order chi connectivity index (χ0) is 13.9. The SMILES string of the molecule is OCc1ccnc(Oc2ccccc2C(F)(F)F)c1. The van der Waals surface area contributed by atoms with E-state index in [4.69, 9.17) is 9.84 Å². The van der Waals surface area contributed by atoms with E-state index in [0.29, 0.717) is 5.56 Å². The maximum Gasteiger partial charge on any atom is 0.419 e. The number of aliphatic hydroxyl groups is 1. The molecule has 0 amide bonds. The Kier molecular flexibility index (Phi) is 3.71. The Morgan fingerprint density at radius 3 is 2.58 bits per heavy atom. The molecule has 1 heterocycles. The van der Waals surface area contributed by atoms with Crippen molar-refractivity contribution in [2.24, 2.45) is 0 Å². The lowest BCUT2D eigenvalue weighted by molar-refractivity contribution is -0.138. The first kappa shape index (κ1) is 13.4. The molecule has 0 spiro atoms. The molecule has 0 fully saturated rings. The fourth-order valence-corrected chi connectivity index (χ4v) is 1.51. The molecule has 3 nitrogen and oxygen atoms in total. The Balaban J connectivity index is 2.33. The van der Waals surface area contributed by atoms with Gasteiger partial charge in [-0.2, -0.15) is 13.2 Å². The van der Waals surface area contributed by atoms with Crippen LogP contribution in [0.3, 0.4) is 0 Å². The third-order valence-electron chi connectivity index (χ3n) is 2.39. The zero-order valence-corrected chi connectivity index (χ0v) is 9.69. The van der Waals surface area contributed by atoms with Crippen molar-refractivity contribution in [3.8, 4) is 11.6 Å². The van der Waals surface area contributed by atoms with Crippen LogP contribution < -0.4 is 4.74 Å². The quantitative estimate of drug-likeness (QED) is 0.928. The molecule has 19 heavy (non-hydrogen) atoms. The number of pyridine rings is 1. The lowest BCUT2D eigenvalue weighted by Crippen LogP contribution is -2.07. The van der Waals surface area contributed by atoms with Gasteiger partial charge in [0.15, 0.2) is 0 Å². The van der Waals surface area contributed by atoms with Crippen molar-refractivity contribution in [3.63, 3.8) is 0 Å². The summed E-state index contributed by atoms with van der Waals surface area (Å²) in [7, 11) is 0. The van der Waals surface area contributed by atoms with Crippen LogP contribution in [0.4, 0.5) is 13.2 Å². The maximum absolute atomic E-state index is 12.8. The lowest BCUT2D eigenvalue weighted by atomic mass is 10.2. The van der Waals surface area contributed by atoms with E-state index >= 15 is 0 Å². The standard InChI is InChI=1S/C13H10F3NO2/c14-13(15,16)10-3-1-2-4-11(10)19-12-7-9(8-18)5-6-17-12/h1-7,18H,8H2. The van der Waals surface area contributed by atoms with Gasteiger partial charge in [-0.25, -0.2) is 4.98 Å². The number of nitrogens with zero attached hydrogens (tertiary/aromatic N) is 1. The van der Waals surface area contributed by atoms with Crippen LogP contribution in [0.15, 0.2) is 42.6 Å². The van der Waals surface area contributed by atoms with E-state index in [1.54, 1.807) is 6.07 Å². The van der Waals surface area contributed by atoms with Gasteiger partial charge in [0.25, 0.3) is 0 Å². The van der Waals surface area contributed by atoms with Crippen LogP contribution >= 0.6 is 0 Å². The Labute approximate surface area is 107 Å². The van der Waals surface area contributed by atoms with Crippen molar-refractivity contribution >= 4 is 0 Å². The number of benzene rings is 1. The highest BCUT2D eigenvalue weighted by Gasteiger charge is 2.34. The topological polar surface area (TPSA) is 42.4 Å². The molecule has 0 radical (unpaired) electrons. The van der Waals surface area contributed by atoms with Crippen LogP contribution in [-0.2, 0) is 12.8 Å². The first-order valence-corrected chi connectivity index (χ1v) is 5.40. The molecule has 0 aliphatic heterocycles. The van der Waals surface area contributed by atoms with Crippen LogP contribution in [0.1, 0.15) is 11.1 Å². The highest BCUT2D eigenvalue weighted by Crippen LogP contribution is 2.37. The second-order valence-corrected chi connectivity index (χ2v) is 3.76. The van der Waals surface area contributed by atoms with Crippen molar-refractivity contribution in [2.45, 2.75) is 12.8 Å². The van der Waals surface area contributed by atoms with Gasteiger partial charge in [0.2, 0.25) is 5.88 Å². The molecule has 0 atom stereocenters. The molecule has 0 saturated carbocycles. The third-order valence-corrected chi connectivity index (χ3v) is 2.39. The summed E-state index contributed by atoms with van der Waals surface area (Å²) in [5.41, 5.74) is -0.360. The fraction of sp³-hybridized carbons (Fsp3) is 0.154. The first-order valence-electron chi connectivity index (χ1n) is 5.40. The molecule has 1 N–H and O–H groups in total. The highest BCUT2D eigenvalue weighted by atomic mass is 19.4. The van der Waals surface area contributed by atoms with Gasteiger partial charge in [0, 0.05) is 12.3 Å². The van der Waals surface area contributed by atoms with Crippen LogP contribution in [0.5, 0.6) is 11.6 Å². The fourth-order valence-electron chi connectivity index (χ4n) is 1.51. The van der Waals surface area contributed by atoms with E-state index in [0.717, 1.165) is 6.07 Å². The van der Waals surface area contributed by atoms with E-state index in [2.05, 4.69) is 4.98 Å². The predicted molar refractivity (Wildman–Crippen MR) is 61.7 cm³/mol. The molecule has 0 unspecified atom stereocenters. The van der Waals surface area contributed by atoms with Gasteiger partial charge < -0.3 is 9.84 Å². The van der Waals surface area contributed by atoms with E-state index in [9.17, 15) is 13.2 Å². The van der Waals surface area contributed by atoms with Crippen molar-refractivity contribution in [1.82, 2.24) is 4.98 Å². The average Bonchev–Trinajstić information content (AvgIpc) is 2.38. The molecule has 6 heteroatoms. The van der Waals surface area contributed by atoms with Gasteiger partial charge in [-0.1, -0.05) is 12.1 Å². The van der Waals surface area contributed by atoms with Crippen molar-refractivity contribution < 1.29 is 23.0 Å². The Morgan fingerprint density at radius 2 is 1.89 bits per heavy atom. The monoisotopic (exact) mass is 269 g/mol. The molecule has 0 bridgehead atoms.